The fourth-order valence-electron chi connectivity index (χ4n) is 2.31. The van der Waals surface area contributed by atoms with Crippen molar-refractivity contribution in [1.82, 2.24) is 0 Å². The highest BCUT2D eigenvalue weighted by Crippen LogP contribution is 2.10. The lowest BCUT2D eigenvalue weighted by Crippen LogP contribution is -2.44. The molecule has 2 N–H and O–H groups in total. The molecule has 2 nitrogen and oxygen atoms in total. The molecule has 0 spiro atoms. The Bertz CT molecular complexity index is 155. The van der Waals surface area contributed by atoms with Crippen LogP contribution in [0.4, 0.5) is 0 Å². The van der Waals surface area contributed by atoms with Crippen LogP contribution in [0.15, 0.2) is 0 Å². The Hall–Kier alpha value is -0.0800. The van der Waals surface area contributed by atoms with E-state index in [0.717, 1.165) is 17.6 Å². The predicted molar refractivity (Wildman–Crippen MR) is 78.1 cm³/mol. The molecule has 0 heterocycles. The van der Waals surface area contributed by atoms with Crippen molar-refractivity contribution in [3.05, 3.63) is 0 Å². The standard InChI is InChI=1S/C15H35N2/c1-4-5-6-7-8-9-10-11-12-14-17(2,3)15-13-16/h4-16H2,1-3H3/q+1. The van der Waals surface area contributed by atoms with E-state index in [2.05, 4.69) is 21.0 Å². The van der Waals surface area contributed by atoms with Gasteiger partial charge in [-0.2, -0.15) is 0 Å². The molecule has 0 aromatic heterocycles. The van der Waals surface area contributed by atoms with Gasteiger partial charge in [0.05, 0.1) is 27.2 Å². The molecule has 0 aromatic carbocycles. The Morgan fingerprint density at radius 1 is 0.706 bits per heavy atom. The van der Waals surface area contributed by atoms with Crippen LogP contribution in [0, 0.1) is 0 Å². The third kappa shape index (κ3) is 12.2. The topological polar surface area (TPSA) is 26.0 Å². The summed E-state index contributed by atoms with van der Waals surface area (Å²) in [5, 5.41) is 0. The van der Waals surface area contributed by atoms with Gasteiger partial charge >= 0.3 is 0 Å². The van der Waals surface area contributed by atoms with E-state index < -0.39 is 0 Å². The summed E-state index contributed by atoms with van der Waals surface area (Å²) in [5.41, 5.74) is 5.61. The summed E-state index contributed by atoms with van der Waals surface area (Å²) in [5.74, 6) is 0. The molecular weight excluding hydrogens is 208 g/mol. The number of quaternary nitrogens is 1. The molecule has 2 heteroatoms. The van der Waals surface area contributed by atoms with Gasteiger partial charge in [-0.25, -0.2) is 0 Å². The SMILES string of the molecule is CCCCCCCCCCC[N+](C)(C)CCN. The molecule has 0 aromatic rings. The van der Waals surface area contributed by atoms with Gasteiger partial charge in [-0.1, -0.05) is 51.9 Å². The minimum Gasteiger partial charge on any atom is -0.327 e. The third-order valence-electron chi connectivity index (χ3n) is 3.60. The Balaban J connectivity index is 3.18. The molecule has 0 aliphatic heterocycles. The Labute approximate surface area is 109 Å². The summed E-state index contributed by atoms with van der Waals surface area (Å²) in [6, 6.07) is 0. The fourth-order valence-corrected chi connectivity index (χ4v) is 2.31. The summed E-state index contributed by atoms with van der Waals surface area (Å²) in [6.07, 6.45) is 12.7. The summed E-state index contributed by atoms with van der Waals surface area (Å²) >= 11 is 0. The molecule has 0 saturated heterocycles. The number of likely N-dealkylation sites (N-methyl/N-ethyl adjacent to an activating group) is 1. The van der Waals surface area contributed by atoms with Gasteiger partial charge in [0, 0.05) is 6.54 Å². The molecule has 0 saturated carbocycles. The average molecular weight is 243 g/mol. The second-order valence-corrected chi connectivity index (χ2v) is 6.00. The molecule has 17 heavy (non-hydrogen) atoms. The average Bonchev–Trinajstić information content (AvgIpc) is 2.27. The largest absolute Gasteiger partial charge is 0.327 e. The van der Waals surface area contributed by atoms with Crippen molar-refractivity contribution < 1.29 is 4.48 Å². The van der Waals surface area contributed by atoms with E-state index in [0.29, 0.717) is 0 Å². The second kappa shape index (κ2) is 11.0. The quantitative estimate of drug-likeness (QED) is 0.412. The molecule has 0 unspecified atom stereocenters. The number of hydrogen-bond donors (Lipinski definition) is 1. The normalized spacial score (nSPS) is 12.0. The molecule has 0 bridgehead atoms. The van der Waals surface area contributed by atoms with Gasteiger partial charge in [-0.05, 0) is 12.8 Å². The van der Waals surface area contributed by atoms with Crippen LogP contribution in [0.3, 0.4) is 0 Å². The highest BCUT2D eigenvalue weighted by atomic mass is 15.3. The predicted octanol–water partition coefficient (Wildman–Crippen LogP) is 3.55. The first kappa shape index (κ1) is 16.9. The summed E-state index contributed by atoms with van der Waals surface area (Å²) in [7, 11) is 4.58. The maximum absolute atomic E-state index is 5.61. The van der Waals surface area contributed by atoms with E-state index in [9.17, 15) is 0 Å². The van der Waals surface area contributed by atoms with Crippen LogP contribution in [-0.4, -0.2) is 38.2 Å². The summed E-state index contributed by atoms with van der Waals surface area (Å²) in [4.78, 5) is 0. The lowest BCUT2D eigenvalue weighted by Gasteiger charge is -2.29. The van der Waals surface area contributed by atoms with Gasteiger partial charge in [0.2, 0.25) is 0 Å². The fraction of sp³-hybridized carbons (Fsp3) is 1.00. The lowest BCUT2D eigenvalue weighted by molar-refractivity contribution is -0.889. The molecule has 0 aliphatic rings. The monoisotopic (exact) mass is 243 g/mol. The van der Waals surface area contributed by atoms with Crippen molar-refractivity contribution in [2.75, 3.05) is 33.7 Å². The van der Waals surface area contributed by atoms with Crippen LogP contribution >= 0.6 is 0 Å². The Kier molecular flexibility index (Phi) is 11.0. The van der Waals surface area contributed by atoms with E-state index >= 15 is 0 Å². The van der Waals surface area contributed by atoms with Gasteiger partial charge in [-0.3, -0.25) is 0 Å². The zero-order valence-electron chi connectivity index (χ0n) is 12.5. The lowest BCUT2D eigenvalue weighted by atomic mass is 10.1. The van der Waals surface area contributed by atoms with Crippen LogP contribution in [-0.2, 0) is 0 Å². The molecule has 0 atom stereocenters. The first-order valence-corrected chi connectivity index (χ1v) is 7.64. The van der Waals surface area contributed by atoms with Crippen molar-refractivity contribution in [2.45, 2.75) is 64.7 Å². The molecule has 0 amide bonds. The van der Waals surface area contributed by atoms with Crippen molar-refractivity contribution >= 4 is 0 Å². The highest BCUT2D eigenvalue weighted by Gasteiger charge is 2.12. The summed E-state index contributed by atoms with van der Waals surface area (Å²) in [6.45, 7) is 5.48. The van der Waals surface area contributed by atoms with Gasteiger partial charge in [0.1, 0.15) is 0 Å². The number of nitrogens with two attached hydrogens (primary N) is 1. The van der Waals surface area contributed by atoms with E-state index in [4.69, 9.17) is 5.73 Å². The molecule has 104 valence electrons. The van der Waals surface area contributed by atoms with Crippen LogP contribution < -0.4 is 5.73 Å². The van der Waals surface area contributed by atoms with Crippen molar-refractivity contribution in [1.29, 1.82) is 0 Å². The number of unbranched alkanes of at least 4 members (excludes halogenated alkanes) is 8. The smallest absolute Gasteiger partial charge is 0.0907 e. The maximum Gasteiger partial charge on any atom is 0.0907 e. The molecular formula is C15H35N2+. The first-order chi connectivity index (χ1) is 8.12. The maximum atomic E-state index is 5.61. The van der Waals surface area contributed by atoms with E-state index in [1.165, 1.54) is 64.3 Å². The van der Waals surface area contributed by atoms with Gasteiger partial charge in [0.25, 0.3) is 0 Å². The van der Waals surface area contributed by atoms with Crippen molar-refractivity contribution in [3.8, 4) is 0 Å². The van der Waals surface area contributed by atoms with Crippen LogP contribution in [0.25, 0.3) is 0 Å². The van der Waals surface area contributed by atoms with Crippen LogP contribution in [0.1, 0.15) is 64.7 Å². The van der Waals surface area contributed by atoms with E-state index in [1.807, 2.05) is 0 Å². The van der Waals surface area contributed by atoms with Crippen LogP contribution in [0.5, 0.6) is 0 Å². The zero-order valence-corrected chi connectivity index (χ0v) is 12.5. The number of nitrogens with zero attached hydrogens (tertiary/aromatic N) is 1. The van der Waals surface area contributed by atoms with Gasteiger partial charge < -0.3 is 10.2 Å². The Morgan fingerprint density at radius 3 is 1.65 bits per heavy atom. The minimum absolute atomic E-state index is 0.810. The van der Waals surface area contributed by atoms with Gasteiger partial charge in [0.15, 0.2) is 0 Å². The number of hydrogen-bond acceptors (Lipinski definition) is 1. The zero-order chi connectivity index (χ0) is 13.0. The highest BCUT2D eigenvalue weighted by molar-refractivity contribution is 4.47. The molecule has 0 fully saturated rings. The molecule has 0 rings (SSSR count). The van der Waals surface area contributed by atoms with E-state index in [-0.39, 0.29) is 0 Å². The van der Waals surface area contributed by atoms with Crippen LogP contribution in [0.2, 0.25) is 0 Å². The van der Waals surface area contributed by atoms with Gasteiger partial charge in [-0.15, -0.1) is 0 Å². The second-order valence-electron chi connectivity index (χ2n) is 6.00. The Morgan fingerprint density at radius 2 is 1.18 bits per heavy atom. The van der Waals surface area contributed by atoms with Crippen molar-refractivity contribution in [3.63, 3.8) is 0 Å². The third-order valence-corrected chi connectivity index (χ3v) is 3.60. The molecule has 0 radical (unpaired) electrons. The van der Waals surface area contributed by atoms with Crippen molar-refractivity contribution in [2.24, 2.45) is 5.73 Å². The van der Waals surface area contributed by atoms with E-state index in [1.54, 1.807) is 0 Å². The minimum atomic E-state index is 0.810. The molecule has 0 aliphatic carbocycles. The first-order valence-electron chi connectivity index (χ1n) is 7.64. The summed E-state index contributed by atoms with van der Waals surface area (Å²) < 4.78 is 1.09. The number of rotatable bonds is 12.